The van der Waals surface area contributed by atoms with Crippen LogP contribution in [0.3, 0.4) is 0 Å². The smallest absolute Gasteiger partial charge is 0.280 e. The lowest BCUT2D eigenvalue weighted by Crippen LogP contribution is -2.28. The largest absolute Gasteiger partial charge is 0.472 e. The van der Waals surface area contributed by atoms with Gasteiger partial charge in [-0.05, 0) is 12.5 Å². The highest BCUT2D eigenvalue weighted by molar-refractivity contribution is 5.94. The predicted octanol–water partition coefficient (Wildman–Crippen LogP) is 1.57. The Bertz CT molecular complexity index is 837. The average Bonchev–Trinajstić information content (AvgIpc) is 3.41. The van der Waals surface area contributed by atoms with E-state index in [4.69, 9.17) is 8.94 Å². The Morgan fingerprint density at radius 3 is 3.12 bits per heavy atom. The Balaban J connectivity index is 1.47. The molecule has 1 amide bonds. The molecule has 0 spiro atoms. The molecule has 1 fully saturated rings. The summed E-state index contributed by atoms with van der Waals surface area (Å²) in [6, 6.07) is 1.75. The molecular weight excluding hydrogens is 312 g/mol. The highest BCUT2D eigenvalue weighted by Crippen LogP contribution is 2.24. The van der Waals surface area contributed by atoms with Gasteiger partial charge in [-0.3, -0.25) is 4.79 Å². The quantitative estimate of drug-likeness (QED) is 0.716. The number of carbonyl (C=O) groups is 1. The second-order valence-corrected chi connectivity index (χ2v) is 5.66. The van der Waals surface area contributed by atoms with Gasteiger partial charge in [0.25, 0.3) is 11.8 Å². The van der Waals surface area contributed by atoms with Gasteiger partial charge in [-0.1, -0.05) is 17.3 Å². The van der Waals surface area contributed by atoms with Crippen LogP contribution in [0, 0.1) is 0 Å². The van der Waals surface area contributed by atoms with Gasteiger partial charge in [0.05, 0.1) is 24.1 Å². The summed E-state index contributed by atoms with van der Waals surface area (Å²) in [5.41, 5.74) is 1.11. The van der Waals surface area contributed by atoms with Crippen LogP contribution < -0.4 is 0 Å². The Kier molecular flexibility index (Phi) is 3.60. The summed E-state index contributed by atoms with van der Waals surface area (Å²) in [5.74, 6) is 0.968. The van der Waals surface area contributed by atoms with Crippen LogP contribution in [0.25, 0.3) is 11.6 Å². The van der Waals surface area contributed by atoms with Crippen molar-refractivity contribution in [1.82, 2.24) is 30.0 Å². The van der Waals surface area contributed by atoms with Crippen LogP contribution in [-0.2, 0) is 6.42 Å². The molecule has 9 nitrogen and oxygen atoms in total. The van der Waals surface area contributed by atoms with Gasteiger partial charge in [-0.15, -0.1) is 5.10 Å². The van der Waals surface area contributed by atoms with Crippen LogP contribution in [0.4, 0.5) is 0 Å². The molecule has 0 bridgehead atoms. The number of carbonyl (C=O) groups excluding carboxylic acids is 1. The second kappa shape index (κ2) is 5.91. The maximum atomic E-state index is 12.3. The first-order valence-corrected chi connectivity index (χ1v) is 7.81. The van der Waals surface area contributed by atoms with E-state index >= 15 is 0 Å². The van der Waals surface area contributed by atoms with Gasteiger partial charge in [-0.2, -0.15) is 4.98 Å². The molecule has 4 heterocycles. The Hall–Kier alpha value is -2.97. The minimum Gasteiger partial charge on any atom is -0.472 e. The molecule has 3 aromatic heterocycles. The Morgan fingerprint density at radius 1 is 1.46 bits per heavy atom. The molecule has 1 aliphatic rings. The van der Waals surface area contributed by atoms with Crippen LogP contribution >= 0.6 is 0 Å². The molecule has 0 radical (unpaired) electrons. The lowest BCUT2D eigenvalue weighted by molar-refractivity contribution is 0.0786. The van der Waals surface area contributed by atoms with Gasteiger partial charge in [0.15, 0.2) is 11.5 Å². The van der Waals surface area contributed by atoms with E-state index in [1.807, 2.05) is 6.92 Å². The van der Waals surface area contributed by atoms with Gasteiger partial charge in [-0.25, -0.2) is 4.68 Å². The van der Waals surface area contributed by atoms with E-state index in [1.165, 1.54) is 12.5 Å². The van der Waals surface area contributed by atoms with E-state index in [2.05, 4.69) is 20.5 Å². The molecule has 3 aromatic rings. The highest BCUT2D eigenvalue weighted by atomic mass is 16.5. The number of likely N-dealkylation sites (tertiary alicyclic amines) is 1. The molecule has 0 unspecified atom stereocenters. The van der Waals surface area contributed by atoms with Crippen molar-refractivity contribution in [3.05, 3.63) is 36.2 Å². The summed E-state index contributed by atoms with van der Waals surface area (Å²) in [6.45, 7) is 3.21. The fourth-order valence-electron chi connectivity index (χ4n) is 2.77. The van der Waals surface area contributed by atoms with Crippen molar-refractivity contribution in [2.45, 2.75) is 25.8 Å². The van der Waals surface area contributed by atoms with E-state index in [9.17, 15) is 4.79 Å². The monoisotopic (exact) mass is 328 g/mol. The van der Waals surface area contributed by atoms with Gasteiger partial charge >= 0.3 is 0 Å². The SMILES string of the molecule is CCc1noc(-c2cn([C@@H]3CCN(C(=O)c4ccoc4)C3)nn2)n1. The van der Waals surface area contributed by atoms with Crippen molar-refractivity contribution in [2.24, 2.45) is 0 Å². The number of aromatic nitrogens is 5. The van der Waals surface area contributed by atoms with Crippen molar-refractivity contribution in [3.63, 3.8) is 0 Å². The second-order valence-electron chi connectivity index (χ2n) is 5.66. The van der Waals surface area contributed by atoms with E-state index in [1.54, 1.807) is 21.8 Å². The van der Waals surface area contributed by atoms with Crippen LogP contribution in [0.2, 0.25) is 0 Å². The zero-order valence-corrected chi connectivity index (χ0v) is 13.1. The van der Waals surface area contributed by atoms with E-state index in [-0.39, 0.29) is 11.9 Å². The standard InChI is InChI=1S/C15H16N6O3/c1-2-13-16-14(24-18-13)12-8-21(19-17-12)11-3-5-20(7-11)15(22)10-4-6-23-9-10/h4,6,8-9,11H,2-3,5,7H2,1H3/t11-/m1/s1. The lowest BCUT2D eigenvalue weighted by atomic mass is 10.3. The number of aryl methyl sites for hydroxylation is 1. The molecule has 1 atom stereocenters. The average molecular weight is 328 g/mol. The molecule has 0 aliphatic carbocycles. The minimum atomic E-state index is -0.0314. The van der Waals surface area contributed by atoms with Crippen molar-refractivity contribution in [2.75, 3.05) is 13.1 Å². The molecule has 0 saturated carbocycles. The number of amides is 1. The lowest BCUT2D eigenvalue weighted by Gasteiger charge is -2.15. The van der Waals surface area contributed by atoms with Crippen LogP contribution in [0.15, 0.2) is 33.7 Å². The zero-order chi connectivity index (χ0) is 16.5. The summed E-state index contributed by atoms with van der Waals surface area (Å²) in [4.78, 5) is 18.4. The van der Waals surface area contributed by atoms with Crippen molar-refractivity contribution in [1.29, 1.82) is 0 Å². The van der Waals surface area contributed by atoms with Crippen molar-refractivity contribution >= 4 is 5.91 Å². The van der Waals surface area contributed by atoms with Crippen molar-refractivity contribution in [3.8, 4) is 11.6 Å². The topological polar surface area (TPSA) is 103 Å². The first kappa shape index (κ1) is 14.6. The number of furan rings is 1. The van der Waals surface area contributed by atoms with E-state index in [0.29, 0.717) is 42.5 Å². The molecule has 124 valence electrons. The summed E-state index contributed by atoms with van der Waals surface area (Å²) < 4.78 is 11.9. The third-order valence-electron chi connectivity index (χ3n) is 4.11. The van der Waals surface area contributed by atoms with Gasteiger partial charge < -0.3 is 13.8 Å². The maximum absolute atomic E-state index is 12.3. The first-order chi connectivity index (χ1) is 11.7. The molecule has 24 heavy (non-hydrogen) atoms. The summed E-state index contributed by atoms with van der Waals surface area (Å²) >= 11 is 0. The van der Waals surface area contributed by atoms with Crippen LogP contribution in [0.1, 0.15) is 35.6 Å². The van der Waals surface area contributed by atoms with Gasteiger partial charge in [0.1, 0.15) is 6.26 Å². The van der Waals surface area contributed by atoms with Gasteiger partial charge in [0, 0.05) is 19.5 Å². The fourth-order valence-corrected chi connectivity index (χ4v) is 2.77. The fraction of sp³-hybridized carbons (Fsp3) is 0.400. The normalized spacial score (nSPS) is 17.5. The van der Waals surface area contributed by atoms with E-state index in [0.717, 1.165) is 6.42 Å². The zero-order valence-electron chi connectivity index (χ0n) is 13.1. The highest BCUT2D eigenvalue weighted by Gasteiger charge is 2.29. The molecule has 4 rings (SSSR count). The van der Waals surface area contributed by atoms with Gasteiger partial charge in [0.2, 0.25) is 0 Å². The molecule has 9 heteroatoms. The minimum absolute atomic E-state index is 0.0314. The first-order valence-electron chi connectivity index (χ1n) is 7.81. The summed E-state index contributed by atoms with van der Waals surface area (Å²) in [6.07, 6.45) is 6.26. The number of rotatable bonds is 4. The third kappa shape index (κ3) is 2.57. The van der Waals surface area contributed by atoms with E-state index < -0.39 is 0 Å². The van der Waals surface area contributed by atoms with Crippen LogP contribution in [0.5, 0.6) is 0 Å². The van der Waals surface area contributed by atoms with Crippen molar-refractivity contribution < 1.29 is 13.7 Å². The maximum Gasteiger partial charge on any atom is 0.280 e. The molecule has 1 aliphatic heterocycles. The predicted molar refractivity (Wildman–Crippen MR) is 81.0 cm³/mol. The Labute approximate surface area is 137 Å². The molecular formula is C15H16N6O3. The van der Waals surface area contributed by atoms with Crippen LogP contribution in [-0.4, -0.2) is 49.0 Å². The third-order valence-corrected chi connectivity index (χ3v) is 4.11. The molecule has 1 saturated heterocycles. The summed E-state index contributed by atoms with van der Waals surface area (Å²) in [7, 11) is 0. The summed E-state index contributed by atoms with van der Waals surface area (Å²) in [5, 5.41) is 12.1. The number of nitrogens with zero attached hydrogens (tertiary/aromatic N) is 6. The number of hydrogen-bond acceptors (Lipinski definition) is 7. The number of hydrogen-bond donors (Lipinski definition) is 0. The molecule has 0 aromatic carbocycles. The molecule has 0 N–H and O–H groups in total. The Morgan fingerprint density at radius 2 is 2.38 bits per heavy atom.